The number of hydrogen-bond acceptors (Lipinski definition) is 3. The Morgan fingerprint density at radius 3 is 2.90 bits per heavy atom. The highest BCUT2D eigenvalue weighted by Gasteiger charge is 2.57. The second-order valence-electron chi connectivity index (χ2n) is 6.78. The standard InChI is InChI=1S/C16H22N2O2/c1-15(2,3)20-14(19)18-13-10-16(13)8-9-17-12-7-5-4-6-11(12)16/h4-7,13,17H,8-10H2,1-3H3,(H,18,19). The van der Waals surface area contributed by atoms with Gasteiger partial charge in [-0.25, -0.2) is 4.79 Å². The van der Waals surface area contributed by atoms with E-state index in [1.54, 1.807) is 0 Å². The Morgan fingerprint density at radius 2 is 2.15 bits per heavy atom. The van der Waals surface area contributed by atoms with E-state index in [0.717, 1.165) is 19.4 Å². The molecule has 1 heterocycles. The van der Waals surface area contributed by atoms with Gasteiger partial charge in [0, 0.05) is 23.7 Å². The van der Waals surface area contributed by atoms with E-state index in [1.165, 1.54) is 11.3 Å². The molecule has 1 aliphatic carbocycles. The lowest BCUT2D eigenvalue weighted by atomic mass is 9.87. The molecule has 1 aromatic rings. The fourth-order valence-electron chi connectivity index (χ4n) is 3.14. The molecular formula is C16H22N2O2. The molecule has 20 heavy (non-hydrogen) atoms. The van der Waals surface area contributed by atoms with Crippen LogP contribution in [0.3, 0.4) is 0 Å². The summed E-state index contributed by atoms with van der Waals surface area (Å²) in [5.41, 5.74) is 2.19. The molecule has 1 fully saturated rings. The highest BCUT2D eigenvalue weighted by atomic mass is 16.6. The molecule has 1 spiro atoms. The zero-order chi connectivity index (χ0) is 14.4. The van der Waals surface area contributed by atoms with Crippen molar-refractivity contribution in [3.63, 3.8) is 0 Å². The second-order valence-corrected chi connectivity index (χ2v) is 6.78. The van der Waals surface area contributed by atoms with E-state index in [4.69, 9.17) is 4.74 Å². The minimum atomic E-state index is -0.446. The van der Waals surface area contributed by atoms with Crippen molar-refractivity contribution in [2.75, 3.05) is 11.9 Å². The van der Waals surface area contributed by atoms with Gasteiger partial charge in [0.25, 0.3) is 0 Å². The number of para-hydroxylation sites is 1. The largest absolute Gasteiger partial charge is 0.444 e. The number of carbonyl (C=O) groups is 1. The van der Waals surface area contributed by atoms with Crippen molar-refractivity contribution in [2.24, 2.45) is 0 Å². The Hall–Kier alpha value is -1.71. The lowest BCUT2D eigenvalue weighted by molar-refractivity contribution is 0.0519. The lowest BCUT2D eigenvalue weighted by Gasteiger charge is -2.28. The van der Waals surface area contributed by atoms with Gasteiger partial charge in [0.05, 0.1) is 0 Å². The molecule has 108 valence electrons. The van der Waals surface area contributed by atoms with Crippen LogP contribution in [0.2, 0.25) is 0 Å². The lowest BCUT2D eigenvalue weighted by Crippen LogP contribution is -2.38. The average molecular weight is 274 g/mol. The summed E-state index contributed by atoms with van der Waals surface area (Å²) in [6.45, 7) is 6.61. The quantitative estimate of drug-likeness (QED) is 0.827. The Kier molecular flexibility index (Phi) is 2.92. The van der Waals surface area contributed by atoms with Crippen LogP contribution in [0.4, 0.5) is 10.5 Å². The van der Waals surface area contributed by atoms with E-state index in [2.05, 4.69) is 28.8 Å². The molecule has 3 rings (SSSR count). The Labute approximate surface area is 119 Å². The number of amides is 1. The minimum absolute atomic E-state index is 0.110. The number of alkyl carbamates (subject to hydrolysis) is 1. The SMILES string of the molecule is CC(C)(C)OC(=O)NC1CC12CCNc1ccccc12. The first-order valence-electron chi connectivity index (χ1n) is 7.24. The minimum Gasteiger partial charge on any atom is -0.444 e. The van der Waals surface area contributed by atoms with Crippen LogP contribution in [0.25, 0.3) is 0 Å². The summed E-state index contributed by atoms with van der Waals surface area (Å²) in [6.07, 6.45) is 1.76. The van der Waals surface area contributed by atoms with Gasteiger partial charge < -0.3 is 15.4 Å². The van der Waals surface area contributed by atoms with Gasteiger partial charge in [0.15, 0.2) is 0 Å². The summed E-state index contributed by atoms with van der Waals surface area (Å²) < 4.78 is 5.34. The number of ether oxygens (including phenoxy) is 1. The zero-order valence-corrected chi connectivity index (χ0v) is 12.3. The summed E-state index contributed by atoms with van der Waals surface area (Å²) in [4.78, 5) is 11.9. The number of carbonyl (C=O) groups excluding carboxylic acids is 1. The maximum absolute atomic E-state index is 11.9. The van der Waals surface area contributed by atoms with E-state index in [-0.39, 0.29) is 17.6 Å². The number of hydrogen-bond donors (Lipinski definition) is 2. The average Bonchev–Trinajstić information content (AvgIpc) is 3.00. The molecule has 2 N–H and O–H groups in total. The summed E-state index contributed by atoms with van der Waals surface area (Å²) in [7, 11) is 0. The van der Waals surface area contributed by atoms with E-state index in [9.17, 15) is 4.79 Å². The van der Waals surface area contributed by atoms with Crippen molar-refractivity contribution < 1.29 is 9.53 Å². The Morgan fingerprint density at radius 1 is 1.40 bits per heavy atom. The molecule has 4 heteroatoms. The number of fused-ring (bicyclic) bond motifs is 2. The van der Waals surface area contributed by atoms with Crippen LogP contribution in [0, 0.1) is 0 Å². The van der Waals surface area contributed by atoms with Crippen LogP contribution in [0.1, 0.15) is 39.2 Å². The third-order valence-electron chi connectivity index (χ3n) is 4.12. The summed E-state index contributed by atoms with van der Waals surface area (Å²) in [6, 6.07) is 8.58. The van der Waals surface area contributed by atoms with Crippen LogP contribution in [-0.4, -0.2) is 24.3 Å². The first-order valence-corrected chi connectivity index (χ1v) is 7.24. The normalized spacial score (nSPS) is 27.4. The molecule has 2 atom stereocenters. The molecule has 1 saturated carbocycles. The molecule has 0 radical (unpaired) electrons. The molecular weight excluding hydrogens is 252 g/mol. The van der Waals surface area contributed by atoms with E-state index in [1.807, 2.05) is 26.8 Å². The Bertz CT molecular complexity index is 536. The third-order valence-corrected chi connectivity index (χ3v) is 4.12. The molecule has 2 aliphatic rings. The van der Waals surface area contributed by atoms with Crippen molar-refractivity contribution in [1.82, 2.24) is 5.32 Å². The number of rotatable bonds is 1. The predicted octanol–water partition coefficient (Wildman–Crippen LogP) is 3.04. The maximum Gasteiger partial charge on any atom is 0.407 e. The molecule has 2 unspecified atom stereocenters. The van der Waals surface area contributed by atoms with Gasteiger partial charge in [-0.3, -0.25) is 0 Å². The highest BCUT2D eigenvalue weighted by Crippen LogP contribution is 2.55. The van der Waals surface area contributed by atoms with E-state index < -0.39 is 5.60 Å². The molecule has 4 nitrogen and oxygen atoms in total. The molecule has 1 amide bonds. The van der Waals surface area contributed by atoms with Gasteiger partial charge in [-0.15, -0.1) is 0 Å². The molecule has 1 aromatic carbocycles. The van der Waals surface area contributed by atoms with E-state index >= 15 is 0 Å². The maximum atomic E-state index is 11.9. The van der Waals surface area contributed by atoms with Crippen molar-refractivity contribution in [2.45, 2.75) is 50.7 Å². The summed E-state index contributed by atoms with van der Waals surface area (Å²) >= 11 is 0. The monoisotopic (exact) mass is 274 g/mol. The molecule has 0 aromatic heterocycles. The van der Waals surface area contributed by atoms with Gasteiger partial charge in [-0.1, -0.05) is 18.2 Å². The van der Waals surface area contributed by atoms with Crippen LogP contribution < -0.4 is 10.6 Å². The first kappa shape index (κ1) is 13.3. The number of benzene rings is 1. The smallest absolute Gasteiger partial charge is 0.407 e. The van der Waals surface area contributed by atoms with Crippen LogP contribution in [-0.2, 0) is 10.2 Å². The van der Waals surface area contributed by atoms with Crippen molar-refractivity contribution in [3.8, 4) is 0 Å². The van der Waals surface area contributed by atoms with Gasteiger partial charge in [0.2, 0.25) is 0 Å². The fourth-order valence-corrected chi connectivity index (χ4v) is 3.14. The molecule has 0 saturated heterocycles. The zero-order valence-electron chi connectivity index (χ0n) is 12.3. The Balaban J connectivity index is 1.71. The van der Waals surface area contributed by atoms with Gasteiger partial charge in [0.1, 0.15) is 5.60 Å². The van der Waals surface area contributed by atoms with Crippen molar-refractivity contribution in [3.05, 3.63) is 29.8 Å². The fraction of sp³-hybridized carbons (Fsp3) is 0.562. The van der Waals surface area contributed by atoms with Gasteiger partial charge in [-0.2, -0.15) is 0 Å². The summed E-state index contributed by atoms with van der Waals surface area (Å²) in [5.74, 6) is 0. The highest BCUT2D eigenvalue weighted by molar-refractivity contribution is 5.70. The number of nitrogens with one attached hydrogen (secondary N) is 2. The first-order chi connectivity index (χ1) is 9.41. The van der Waals surface area contributed by atoms with Gasteiger partial charge >= 0.3 is 6.09 Å². The topological polar surface area (TPSA) is 50.4 Å². The summed E-state index contributed by atoms with van der Waals surface area (Å²) in [5, 5.41) is 6.45. The second kappa shape index (κ2) is 4.40. The predicted molar refractivity (Wildman–Crippen MR) is 79.0 cm³/mol. The van der Waals surface area contributed by atoms with Crippen LogP contribution >= 0.6 is 0 Å². The molecule has 1 aliphatic heterocycles. The number of anilines is 1. The van der Waals surface area contributed by atoms with Crippen LogP contribution in [0.15, 0.2) is 24.3 Å². The third kappa shape index (κ3) is 2.35. The molecule has 0 bridgehead atoms. The van der Waals surface area contributed by atoms with Crippen molar-refractivity contribution >= 4 is 11.8 Å². The van der Waals surface area contributed by atoms with Crippen molar-refractivity contribution in [1.29, 1.82) is 0 Å². The van der Waals surface area contributed by atoms with Gasteiger partial charge in [-0.05, 0) is 45.2 Å². The van der Waals surface area contributed by atoms with E-state index in [0.29, 0.717) is 0 Å². The van der Waals surface area contributed by atoms with Crippen LogP contribution in [0.5, 0.6) is 0 Å².